The van der Waals surface area contributed by atoms with E-state index in [0.717, 1.165) is 26.2 Å². The molecule has 4 rings (SSSR count). The summed E-state index contributed by atoms with van der Waals surface area (Å²) in [7, 11) is -2.55. The van der Waals surface area contributed by atoms with Crippen LogP contribution in [-0.4, -0.2) is 27.6 Å². The lowest BCUT2D eigenvalue weighted by Crippen LogP contribution is -2.30. The van der Waals surface area contributed by atoms with E-state index in [2.05, 4.69) is 4.74 Å². The molecule has 0 heterocycles. The molecular formula is C21H20F4O3S. The van der Waals surface area contributed by atoms with Crippen LogP contribution in [-0.2, 0) is 14.6 Å². The second-order valence-electron chi connectivity index (χ2n) is 8.13. The molecule has 3 nitrogen and oxygen atoms in total. The summed E-state index contributed by atoms with van der Waals surface area (Å²) in [4.78, 5) is 0.130. The zero-order valence-corrected chi connectivity index (χ0v) is 16.8. The summed E-state index contributed by atoms with van der Waals surface area (Å²) in [6.45, 7) is 0. The fraction of sp³-hybridized carbons (Fsp3) is 0.429. The van der Waals surface area contributed by atoms with E-state index in [0.29, 0.717) is 35.6 Å². The van der Waals surface area contributed by atoms with Crippen LogP contribution in [0.3, 0.4) is 0 Å². The summed E-state index contributed by atoms with van der Waals surface area (Å²) >= 11 is 0. The van der Waals surface area contributed by atoms with E-state index in [1.165, 1.54) is 12.1 Å². The van der Waals surface area contributed by atoms with Crippen molar-refractivity contribution >= 4 is 15.4 Å². The Morgan fingerprint density at radius 3 is 2.21 bits per heavy atom. The lowest BCUT2D eigenvalue weighted by molar-refractivity contribution is -0.0702. The van der Waals surface area contributed by atoms with E-state index >= 15 is 0 Å². The second kappa shape index (κ2) is 6.54. The molecule has 3 aliphatic rings. The van der Waals surface area contributed by atoms with Gasteiger partial charge >= 0.3 is 0 Å². The van der Waals surface area contributed by atoms with Gasteiger partial charge in [-0.3, -0.25) is 0 Å². The van der Waals surface area contributed by atoms with Crippen LogP contribution in [0.2, 0.25) is 0 Å². The average molecular weight is 428 g/mol. The van der Waals surface area contributed by atoms with Gasteiger partial charge in [0.2, 0.25) is 5.83 Å². The molecule has 0 N–H and O–H groups in total. The van der Waals surface area contributed by atoms with Crippen LogP contribution in [0.25, 0.3) is 5.57 Å². The Kier molecular flexibility index (Phi) is 4.59. The van der Waals surface area contributed by atoms with E-state index in [9.17, 15) is 26.0 Å². The Morgan fingerprint density at radius 1 is 1.07 bits per heavy atom. The van der Waals surface area contributed by atoms with Crippen LogP contribution < -0.4 is 0 Å². The third-order valence-corrected chi connectivity index (χ3v) is 7.23. The highest BCUT2D eigenvalue weighted by Gasteiger charge is 2.53. The Morgan fingerprint density at radius 2 is 1.69 bits per heavy atom. The predicted molar refractivity (Wildman–Crippen MR) is 100 cm³/mol. The van der Waals surface area contributed by atoms with Gasteiger partial charge < -0.3 is 4.74 Å². The summed E-state index contributed by atoms with van der Waals surface area (Å²) in [6.07, 6.45) is 4.15. The number of hydrogen-bond acceptors (Lipinski definition) is 3. The lowest BCUT2D eigenvalue weighted by atomic mass is 9.85. The first-order chi connectivity index (χ1) is 13.5. The molecule has 2 unspecified atom stereocenters. The maximum atomic E-state index is 14.8. The quantitative estimate of drug-likeness (QED) is 0.606. The molecule has 1 aromatic rings. The molecule has 0 aromatic heterocycles. The van der Waals surface area contributed by atoms with Crippen LogP contribution in [0, 0.1) is 11.3 Å². The molecular weight excluding hydrogens is 408 g/mol. The molecule has 0 saturated heterocycles. The third-order valence-electron chi connectivity index (χ3n) is 6.10. The van der Waals surface area contributed by atoms with Crippen molar-refractivity contribution in [3.63, 3.8) is 0 Å². The van der Waals surface area contributed by atoms with E-state index in [1.807, 2.05) is 0 Å². The number of alkyl halides is 1. The van der Waals surface area contributed by atoms with Crippen molar-refractivity contribution in [2.45, 2.75) is 36.4 Å². The number of methoxy groups -OCH3 is 1. The van der Waals surface area contributed by atoms with Crippen LogP contribution in [0.1, 0.15) is 31.2 Å². The average Bonchev–Trinajstić information content (AvgIpc) is 3.31. The van der Waals surface area contributed by atoms with Gasteiger partial charge in [-0.2, -0.15) is 4.39 Å². The fourth-order valence-corrected chi connectivity index (χ4v) is 4.89. The van der Waals surface area contributed by atoms with Crippen LogP contribution in [0.5, 0.6) is 0 Å². The third kappa shape index (κ3) is 3.36. The van der Waals surface area contributed by atoms with Crippen LogP contribution >= 0.6 is 0 Å². The summed E-state index contributed by atoms with van der Waals surface area (Å²) in [5.41, 5.74) is 1.54. The maximum absolute atomic E-state index is 14.8. The zero-order valence-electron chi connectivity index (χ0n) is 15.9. The van der Waals surface area contributed by atoms with Crippen molar-refractivity contribution in [3.8, 4) is 0 Å². The number of halogens is 4. The molecule has 1 aromatic carbocycles. The van der Waals surface area contributed by atoms with Crippen molar-refractivity contribution in [2.75, 3.05) is 13.4 Å². The first-order valence-corrected chi connectivity index (χ1v) is 11.1. The zero-order chi connectivity index (χ0) is 21.2. The van der Waals surface area contributed by atoms with E-state index in [4.69, 9.17) is 0 Å². The summed E-state index contributed by atoms with van der Waals surface area (Å²) < 4.78 is 85.9. The molecule has 0 radical (unpaired) electrons. The molecule has 2 atom stereocenters. The maximum Gasteiger partial charge on any atom is 0.286 e. The molecule has 3 aliphatic carbocycles. The second-order valence-corrected chi connectivity index (χ2v) is 10.1. The Bertz CT molecular complexity index is 1070. The van der Waals surface area contributed by atoms with Gasteiger partial charge in [0.25, 0.3) is 5.85 Å². The van der Waals surface area contributed by atoms with Gasteiger partial charge in [-0.15, -0.1) is 0 Å². The number of allylic oxidation sites excluding steroid dienone is 4. The van der Waals surface area contributed by atoms with E-state index < -0.39 is 39.1 Å². The molecule has 1 fully saturated rings. The normalized spacial score (nSPS) is 28.9. The first-order valence-electron chi connectivity index (χ1n) is 9.20. The molecule has 29 heavy (non-hydrogen) atoms. The first kappa shape index (κ1) is 20.3. The van der Waals surface area contributed by atoms with Crippen molar-refractivity contribution < 1.29 is 30.7 Å². The van der Waals surface area contributed by atoms with E-state index in [1.54, 1.807) is 12.1 Å². The number of sulfone groups is 1. The van der Waals surface area contributed by atoms with Crippen molar-refractivity contribution in [3.05, 3.63) is 59.0 Å². The molecule has 0 bridgehead atoms. The Balaban J connectivity index is 1.81. The largest absolute Gasteiger partial charge is 0.341 e. The van der Waals surface area contributed by atoms with Crippen LogP contribution in [0.15, 0.2) is 58.3 Å². The molecule has 1 saturated carbocycles. The van der Waals surface area contributed by atoms with Gasteiger partial charge in [0.1, 0.15) is 5.83 Å². The molecule has 0 aliphatic heterocycles. The fourth-order valence-electron chi connectivity index (χ4n) is 4.26. The topological polar surface area (TPSA) is 43.4 Å². The highest BCUT2D eigenvalue weighted by atomic mass is 32.2. The smallest absolute Gasteiger partial charge is 0.286 e. The Labute approximate surface area is 166 Å². The standard InChI is InChI=1S/C21H20F4O3S/c1-28-21(25)11-16(22)17(18(23)19(21)24)15-10-20(7-8-20)9-14(15)12-3-5-13(6-4-12)29(2,26)27/h3-6,11,17H,7-10H2,1-2H3. The number of rotatable bonds is 4. The van der Waals surface area contributed by atoms with E-state index in [-0.39, 0.29) is 10.3 Å². The molecule has 8 heteroatoms. The van der Waals surface area contributed by atoms with Gasteiger partial charge in [-0.1, -0.05) is 12.1 Å². The monoisotopic (exact) mass is 428 g/mol. The highest BCUT2D eigenvalue weighted by Crippen LogP contribution is 2.64. The van der Waals surface area contributed by atoms with Gasteiger partial charge in [-0.25, -0.2) is 21.6 Å². The summed E-state index contributed by atoms with van der Waals surface area (Å²) in [6, 6.07) is 6.04. The minimum absolute atomic E-state index is 0.108. The predicted octanol–water partition coefficient (Wildman–Crippen LogP) is 5.36. The Hall–Kier alpha value is -1.93. The molecule has 0 amide bonds. The SMILES string of the molecule is COC1(F)C=C(F)C(C2=C(c3ccc(S(C)(=O)=O)cc3)CC3(CC3)C2)C(F)=C1F. The van der Waals surface area contributed by atoms with Gasteiger partial charge in [-0.05, 0) is 59.9 Å². The van der Waals surface area contributed by atoms with Gasteiger partial charge in [0.05, 0.1) is 10.8 Å². The van der Waals surface area contributed by atoms with Gasteiger partial charge in [0.15, 0.2) is 15.7 Å². The number of ether oxygens (including phenoxy) is 1. The summed E-state index contributed by atoms with van der Waals surface area (Å²) in [5, 5.41) is 0. The minimum Gasteiger partial charge on any atom is -0.341 e. The highest BCUT2D eigenvalue weighted by molar-refractivity contribution is 7.90. The number of hydrogen-bond donors (Lipinski definition) is 0. The van der Waals surface area contributed by atoms with Crippen molar-refractivity contribution in [1.82, 2.24) is 0 Å². The minimum atomic E-state index is -3.39. The summed E-state index contributed by atoms with van der Waals surface area (Å²) in [5.74, 6) is -9.31. The number of benzene rings is 1. The van der Waals surface area contributed by atoms with Crippen molar-refractivity contribution in [1.29, 1.82) is 0 Å². The van der Waals surface area contributed by atoms with Gasteiger partial charge in [0, 0.05) is 19.4 Å². The molecule has 1 spiro atoms. The van der Waals surface area contributed by atoms with Crippen LogP contribution in [0.4, 0.5) is 17.6 Å². The van der Waals surface area contributed by atoms with Crippen molar-refractivity contribution in [2.24, 2.45) is 11.3 Å². The lowest BCUT2D eigenvalue weighted by Gasteiger charge is -2.28. The molecule has 156 valence electrons.